The number of hydrogen-bond donors (Lipinski definition) is 1. The Labute approximate surface area is 210 Å². The van der Waals surface area contributed by atoms with Crippen LogP contribution in [0.25, 0.3) is 0 Å². The molecule has 198 valence electrons. The highest BCUT2D eigenvalue weighted by molar-refractivity contribution is 6.00. The van der Waals surface area contributed by atoms with Gasteiger partial charge < -0.3 is 19.9 Å². The van der Waals surface area contributed by atoms with Crippen LogP contribution in [0, 0.1) is 17.6 Å². The minimum atomic E-state index is -4.30. The van der Waals surface area contributed by atoms with Crippen LogP contribution in [0.3, 0.4) is 0 Å². The van der Waals surface area contributed by atoms with Gasteiger partial charge in [-0.25, -0.2) is 13.8 Å². The molecule has 7 nitrogen and oxygen atoms in total. The molecule has 3 saturated heterocycles. The van der Waals surface area contributed by atoms with Crippen LogP contribution in [-0.4, -0.2) is 66.9 Å². The van der Waals surface area contributed by atoms with Gasteiger partial charge in [-0.3, -0.25) is 9.69 Å². The molecule has 0 aliphatic carbocycles. The number of halogens is 5. The molecule has 0 radical (unpaired) electrons. The Morgan fingerprint density at radius 2 is 1.92 bits per heavy atom. The third kappa shape index (κ3) is 4.72. The van der Waals surface area contributed by atoms with Crippen LogP contribution >= 0.6 is 0 Å². The molecular weight excluding hydrogens is 497 g/mol. The Hall–Kier alpha value is -2.99. The molecule has 2 aromatic rings. The van der Waals surface area contributed by atoms with Crippen molar-refractivity contribution >= 4 is 28.8 Å². The fourth-order valence-corrected chi connectivity index (χ4v) is 5.89. The van der Waals surface area contributed by atoms with Gasteiger partial charge in [0.2, 0.25) is 5.91 Å². The first-order valence-corrected chi connectivity index (χ1v) is 12.4. The van der Waals surface area contributed by atoms with Crippen molar-refractivity contribution in [2.75, 3.05) is 47.9 Å². The summed E-state index contributed by atoms with van der Waals surface area (Å²) in [4.78, 5) is 22.7. The number of aromatic nitrogens is 1. The third-order valence-corrected chi connectivity index (χ3v) is 7.69. The minimum Gasteiger partial charge on any atom is -0.374 e. The van der Waals surface area contributed by atoms with E-state index in [4.69, 9.17) is 4.74 Å². The zero-order chi connectivity index (χ0) is 25.9. The van der Waals surface area contributed by atoms with Gasteiger partial charge in [-0.15, -0.1) is 0 Å². The number of alkyl halides is 3. The van der Waals surface area contributed by atoms with Crippen molar-refractivity contribution in [3.8, 4) is 0 Å². The third-order valence-electron chi connectivity index (χ3n) is 7.69. The van der Waals surface area contributed by atoms with Crippen LogP contribution in [0.15, 0.2) is 24.4 Å². The smallest absolute Gasteiger partial charge is 0.374 e. The summed E-state index contributed by atoms with van der Waals surface area (Å²) in [7, 11) is 0. The van der Waals surface area contributed by atoms with E-state index in [0.717, 1.165) is 12.6 Å². The van der Waals surface area contributed by atoms with E-state index in [0.29, 0.717) is 41.6 Å². The summed E-state index contributed by atoms with van der Waals surface area (Å²) < 4.78 is 73.6. The number of ether oxygens (including phenoxy) is 1. The summed E-state index contributed by atoms with van der Waals surface area (Å²) in [5.74, 6) is -1.50. The van der Waals surface area contributed by atoms with Crippen molar-refractivity contribution in [1.82, 2.24) is 9.88 Å². The first kappa shape index (κ1) is 24.4. The van der Waals surface area contributed by atoms with E-state index in [1.807, 2.05) is 4.90 Å². The van der Waals surface area contributed by atoms with Crippen LogP contribution in [0.5, 0.6) is 0 Å². The highest BCUT2D eigenvalue weighted by Gasteiger charge is 2.41. The summed E-state index contributed by atoms with van der Waals surface area (Å²) in [6.07, 6.45) is -1.87. The lowest BCUT2D eigenvalue weighted by atomic mass is 9.94. The molecule has 6 rings (SSSR count). The van der Waals surface area contributed by atoms with Crippen molar-refractivity contribution in [2.24, 2.45) is 5.92 Å². The number of carbonyl (C=O) groups excluding carboxylic acids is 1. The molecule has 4 aliphatic heterocycles. The quantitative estimate of drug-likeness (QED) is 0.609. The number of likely N-dealkylation sites (tertiary alicyclic amines) is 1. The maximum absolute atomic E-state index is 15.4. The molecule has 1 aromatic heterocycles. The number of rotatable bonds is 3. The SMILES string of the molecule is O=C(C1CCN(CC(F)(F)F)CC1)N1Cc2cc(F)cnc2Nc2cc(F)c(N3CC4C[C@H]3CO4)cc21. The van der Waals surface area contributed by atoms with Gasteiger partial charge in [0.25, 0.3) is 0 Å². The number of piperidine rings is 1. The second kappa shape index (κ2) is 9.09. The maximum atomic E-state index is 15.4. The van der Waals surface area contributed by atoms with Gasteiger partial charge in [0.1, 0.15) is 17.5 Å². The average molecular weight is 524 g/mol. The van der Waals surface area contributed by atoms with Crippen molar-refractivity contribution in [3.63, 3.8) is 0 Å². The first-order chi connectivity index (χ1) is 17.6. The van der Waals surface area contributed by atoms with Gasteiger partial charge in [-0.05, 0) is 44.5 Å². The summed E-state index contributed by atoms with van der Waals surface area (Å²) >= 11 is 0. The lowest BCUT2D eigenvalue weighted by Crippen LogP contribution is -2.45. The Balaban J connectivity index is 1.33. The minimum absolute atomic E-state index is 0.00191. The van der Waals surface area contributed by atoms with Gasteiger partial charge in [0, 0.05) is 24.1 Å². The molecule has 37 heavy (non-hydrogen) atoms. The van der Waals surface area contributed by atoms with Crippen LogP contribution < -0.4 is 15.1 Å². The van der Waals surface area contributed by atoms with E-state index in [1.54, 1.807) is 6.07 Å². The number of morpholine rings is 1. The van der Waals surface area contributed by atoms with Crippen LogP contribution in [0.2, 0.25) is 0 Å². The predicted octanol–water partition coefficient (Wildman–Crippen LogP) is 4.20. The number of carbonyl (C=O) groups is 1. The zero-order valence-electron chi connectivity index (χ0n) is 19.9. The number of hydrogen-bond acceptors (Lipinski definition) is 6. The highest BCUT2D eigenvalue weighted by Crippen LogP contribution is 2.43. The molecule has 0 saturated carbocycles. The Bertz CT molecular complexity index is 1220. The molecule has 1 N–H and O–H groups in total. The van der Waals surface area contributed by atoms with Gasteiger partial charge in [0.15, 0.2) is 0 Å². The number of anilines is 4. The van der Waals surface area contributed by atoms with Crippen molar-refractivity contribution in [2.45, 2.75) is 44.1 Å². The molecule has 1 amide bonds. The van der Waals surface area contributed by atoms with Crippen LogP contribution in [0.4, 0.5) is 44.8 Å². The highest BCUT2D eigenvalue weighted by atomic mass is 19.4. The molecule has 2 bridgehead atoms. The molecule has 0 spiro atoms. The molecule has 4 aliphatic rings. The monoisotopic (exact) mass is 523 g/mol. The van der Waals surface area contributed by atoms with Gasteiger partial charge in [-0.1, -0.05) is 0 Å². The predicted molar refractivity (Wildman–Crippen MR) is 126 cm³/mol. The molecule has 3 fully saturated rings. The molecule has 2 atom stereocenters. The van der Waals surface area contributed by atoms with Crippen molar-refractivity contribution in [3.05, 3.63) is 41.6 Å². The summed E-state index contributed by atoms with van der Waals surface area (Å²) in [5.41, 5.74) is 1.54. The standard InChI is InChI=1S/C25H26F5N5O2/c26-16-5-15-10-35(24(36)14-1-3-33(4-2-14)13-25(28,29)30)22-8-21(34-11-18-6-17(34)12-37-18)19(27)7-20(22)32-23(15)31-9-16/h5,7-9,14,17-18H,1-4,6,10-13H2,(H,31,32)/t17-,18?/m0/s1. The van der Waals surface area contributed by atoms with Crippen LogP contribution in [-0.2, 0) is 16.1 Å². The Morgan fingerprint density at radius 3 is 2.59 bits per heavy atom. The normalized spacial score (nSPS) is 24.0. The van der Waals surface area contributed by atoms with Gasteiger partial charge in [-0.2, -0.15) is 13.2 Å². The Morgan fingerprint density at radius 1 is 1.14 bits per heavy atom. The topological polar surface area (TPSA) is 60.9 Å². The molecular formula is C25H26F5N5O2. The Kier molecular flexibility index (Phi) is 5.98. The number of nitrogens with zero attached hydrogens (tertiary/aromatic N) is 4. The van der Waals surface area contributed by atoms with Crippen molar-refractivity contribution in [1.29, 1.82) is 0 Å². The average Bonchev–Trinajstić information content (AvgIpc) is 3.44. The molecule has 1 unspecified atom stereocenters. The summed E-state index contributed by atoms with van der Waals surface area (Å²) in [6.45, 7) is 0.342. The fraction of sp³-hybridized carbons (Fsp3) is 0.520. The number of amides is 1. The number of fused-ring (bicyclic) bond motifs is 4. The largest absolute Gasteiger partial charge is 0.401 e. The summed E-state index contributed by atoms with van der Waals surface area (Å²) in [6, 6.07) is 4.29. The second-order valence-electron chi connectivity index (χ2n) is 10.2. The molecule has 5 heterocycles. The van der Waals surface area contributed by atoms with E-state index >= 15 is 4.39 Å². The van der Waals surface area contributed by atoms with E-state index < -0.39 is 30.3 Å². The van der Waals surface area contributed by atoms with E-state index in [1.165, 1.54) is 21.9 Å². The number of nitrogens with one attached hydrogen (secondary N) is 1. The van der Waals surface area contributed by atoms with Crippen molar-refractivity contribution < 1.29 is 31.5 Å². The number of benzene rings is 1. The second-order valence-corrected chi connectivity index (χ2v) is 10.2. The first-order valence-electron chi connectivity index (χ1n) is 12.4. The van der Waals surface area contributed by atoms with E-state index in [2.05, 4.69) is 10.3 Å². The maximum Gasteiger partial charge on any atom is 0.401 e. The van der Waals surface area contributed by atoms with Gasteiger partial charge >= 0.3 is 6.18 Å². The number of pyridine rings is 1. The zero-order valence-corrected chi connectivity index (χ0v) is 19.9. The summed E-state index contributed by atoms with van der Waals surface area (Å²) in [5, 5.41) is 3.06. The van der Waals surface area contributed by atoms with E-state index in [-0.39, 0.29) is 50.5 Å². The lowest BCUT2D eigenvalue weighted by Gasteiger charge is -2.35. The lowest BCUT2D eigenvalue weighted by molar-refractivity contribution is -0.149. The molecule has 12 heteroatoms. The fourth-order valence-electron chi connectivity index (χ4n) is 5.89. The van der Waals surface area contributed by atoms with E-state index in [9.17, 15) is 22.4 Å². The van der Waals surface area contributed by atoms with Crippen LogP contribution in [0.1, 0.15) is 24.8 Å². The van der Waals surface area contributed by atoms with Gasteiger partial charge in [0.05, 0.1) is 55.1 Å². The molecule has 1 aromatic carbocycles.